The van der Waals surface area contributed by atoms with Gasteiger partial charge in [0.1, 0.15) is 5.78 Å². The van der Waals surface area contributed by atoms with E-state index in [-0.39, 0.29) is 0 Å². The van der Waals surface area contributed by atoms with Crippen molar-refractivity contribution >= 4 is 5.78 Å². The zero-order valence-electron chi connectivity index (χ0n) is 24.6. The minimum absolute atomic E-state index is 0.350. The molecule has 0 aliphatic carbocycles. The van der Waals surface area contributed by atoms with Crippen molar-refractivity contribution in [2.45, 2.75) is 200 Å². The first-order valence-corrected chi connectivity index (χ1v) is 16.4. The first kappa shape index (κ1) is 34.4. The van der Waals surface area contributed by atoms with Crippen molar-refractivity contribution in [2.75, 3.05) is 0 Å². The van der Waals surface area contributed by atoms with Crippen molar-refractivity contribution in [1.29, 1.82) is 0 Å². The van der Waals surface area contributed by atoms with Crippen LogP contribution in [0.3, 0.4) is 0 Å². The summed E-state index contributed by atoms with van der Waals surface area (Å²) in [6.45, 7) is 4.00. The molecule has 0 spiro atoms. The van der Waals surface area contributed by atoms with Crippen LogP contribution in [0.1, 0.15) is 200 Å². The maximum absolute atomic E-state index is 10.9. The summed E-state index contributed by atoms with van der Waals surface area (Å²) in [5.41, 5.74) is 0. The van der Waals surface area contributed by atoms with E-state index in [0.29, 0.717) is 5.78 Å². The highest BCUT2D eigenvalue weighted by Crippen LogP contribution is 2.15. The summed E-state index contributed by atoms with van der Waals surface area (Å²) in [4.78, 5) is 10.9. The van der Waals surface area contributed by atoms with Gasteiger partial charge in [-0.2, -0.15) is 0 Å². The smallest absolute Gasteiger partial charge is 0.129 e. The number of hydrogen-bond donors (Lipinski definition) is 0. The minimum atomic E-state index is 0.350. The fraction of sp³-hybridized carbons (Fsp3) is 0.912. The first-order chi connectivity index (χ1) is 17.3. The van der Waals surface area contributed by atoms with Crippen LogP contribution in [0.5, 0.6) is 0 Å². The van der Waals surface area contributed by atoms with Crippen molar-refractivity contribution in [1.82, 2.24) is 0 Å². The molecule has 0 saturated carbocycles. The quantitative estimate of drug-likeness (QED) is 0.0722. The fourth-order valence-corrected chi connectivity index (χ4v) is 5.10. The SMILES string of the molecule is CCCCCCCC/C=C\CCCCCCCCCCCCCCCCCCCCCCC(C)=O. The lowest BCUT2D eigenvalue weighted by Crippen LogP contribution is -1.89. The van der Waals surface area contributed by atoms with Gasteiger partial charge in [0.15, 0.2) is 0 Å². The van der Waals surface area contributed by atoms with Crippen LogP contribution in [-0.4, -0.2) is 5.78 Å². The van der Waals surface area contributed by atoms with Crippen molar-refractivity contribution in [3.05, 3.63) is 12.2 Å². The molecule has 35 heavy (non-hydrogen) atoms. The highest BCUT2D eigenvalue weighted by atomic mass is 16.1. The fourth-order valence-electron chi connectivity index (χ4n) is 5.10. The van der Waals surface area contributed by atoms with Gasteiger partial charge < -0.3 is 4.79 Å². The number of carbonyl (C=O) groups is 1. The molecule has 0 fully saturated rings. The molecule has 0 amide bonds. The number of ketones is 1. The normalized spacial score (nSPS) is 11.6. The lowest BCUT2D eigenvalue weighted by atomic mass is 10.0. The van der Waals surface area contributed by atoms with Crippen LogP contribution in [0, 0.1) is 0 Å². The van der Waals surface area contributed by atoms with Crippen LogP contribution in [0.4, 0.5) is 0 Å². The third kappa shape index (κ3) is 33.4. The largest absolute Gasteiger partial charge is 0.300 e. The lowest BCUT2D eigenvalue weighted by Gasteiger charge is -2.04. The molecule has 0 aliphatic heterocycles. The van der Waals surface area contributed by atoms with Gasteiger partial charge in [-0.05, 0) is 39.0 Å². The monoisotopic (exact) mass is 491 g/mol. The Morgan fingerprint density at radius 2 is 0.657 bits per heavy atom. The second kappa shape index (κ2) is 31.4. The molecule has 0 aromatic carbocycles. The van der Waals surface area contributed by atoms with Crippen LogP contribution in [0.2, 0.25) is 0 Å². The molecule has 0 saturated heterocycles. The molecule has 0 aliphatic rings. The van der Waals surface area contributed by atoms with Crippen LogP contribution >= 0.6 is 0 Å². The number of allylic oxidation sites excluding steroid dienone is 2. The summed E-state index contributed by atoms with van der Waals surface area (Å²) >= 11 is 0. The molecule has 208 valence electrons. The van der Waals surface area contributed by atoms with E-state index in [2.05, 4.69) is 19.1 Å². The van der Waals surface area contributed by atoms with E-state index in [0.717, 1.165) is 12.8 Å². The molecule has 1 heteroatoms. The van der Waals surface area contributed by atoms with Crippen molar-refractivity contribution < 1.29 is 4.79 Å². The van der Waals surface area contributed by atoms with Crippen LogP contribution in [0.25, 0.3) is 0 Å². The zero-order chi connectivity index (χ0) is 25.5. The van der Waals surface area contributed by atoms with E-state index in [1.54, 1.807) is 6.92 Å². The van der Waals surface area contributed by atoms with Gasteiger partial charge in [-0.3, -0.25) is 0 Å². The third-order valence-corrected chi connectivity index (χ3v) is 7.54. The Morgan fingerprint density at radius 1 is 0.400 bits per heavy atom. The lowest BCUT2D eigenvalue weighted by molar-refractivity contribution is -0.117. The van der Waals surface area contributed by atoms with Gasteiger partial charge in [0.2, 0.25) is 0 Å². The number of unbranched alkanes of at least 4 members (excludes halogenated alkanes) is 26. The molecule has 0 aromatic rings. The van der Waals surface area contributed by atoms with Crippen molar-refractivity contribution in [3.8, 4) is 0 Å². The molecular weight excluding hydrogens is 424 g/mol. The Hall–Kier alpha value is -0.590. The molecule has 0 aromatic heterocycles. The van der Waals surface area contributed by atoms with Crippen LogP contribution < -0.4 is 0 Å². The average molecular weight is 491 g/mol. The second-order valence-corrected chi connectivity index (χ2v) is 11.3. The second-order valence-electron chi connectivity index (χ2n) is 11.3. The molecule has 0 N–H and O–H groups in total. The van der Waals surface area contributed by atoms with Gasteiger partial charge in [-0.15, -0.1) is 0 Å². The van der Waals surface area contributed by atoms with E-state index in [4.69, 9.17) is 0 Å². The third-order valence-electron chi connectivity index (χ3n) is 7.54. The van der Waals surface area contributed by atoms with Crippen LogP contribution in [-0.2, 0) is 4.79 Å². The van der Waals surface area contributed by atoms with Gasteiger partial charge in [-0.1, -0.05) is 167 Å². The molecule has 0 rings (SSSR count). The van der Waals surface area contributed by atoms with Gasteiger partial charge in [0.25, 0.3) is 0 Å². The summed E-state index contributed by atoms with van der Waals surface area (Å²) in [6.07, 6.45) is 44.9. The molecule has 0 radical (unpaired) electrons. The molecule has 0 bridgehead atoms. The highest BCUT2D eigenvalue weighted by molar-refractivity contribution is 5.75. The first-order valence-electron chi connectivity index (χ1n) is 16.4. The Balaban J connectivity index is 3.06. The summed E-state index contributed by atoms with van der Waals surface area (Å²) in [7, 11) is 0. The molecular formula is C34H66O. The van der Waals surface area contributed by atoms with Crippen molar-refractivity contribution in [3.63, 3.8) is 0 Å². The Bertz CT molecular complexity index is 424. The Labute approximate surface area is 222 Å². The van der Waals surface area contributed by atoms with Crippen LogP contribution in [0.15, 0.2) is 12.2 Å². The molecule has 1 nitrogen and oxygen atoms in total. The highest BCUT2D eigenvalue weighted by Gasteiger charge is 1.97. The Morgan fingerprint density at radius 3 is 0.943 bits per heavy atom. The predicted molar refractivity (Wildman–Crippen MR) is 159 cm³/mol. The summed E-state index contributed by atoms with van der Waals surface area (Å²) in [5, 5.41) is 0. The van der Waals surface area contributed by atoms with E-state index in [1.807, 2.05) is 0 Å². The standard InChI is InChI=1S/C34H66O/c1-3-4-5-6-7-8-9-10-11-12-13-14-15-16-17-18-19-20-21-22-23-24-25-26-27-28-29-30-31-32-33-34(2)35/h10-11H,3-9,12-33H2,1-2H3/b11-10-. The van der Waals surface area contributed by atoms with E-state index >= 15 is 0 Å². The summed E-state index contributed by atoms with van der Waals surface area (Å²) < 4.78 is 0. The van der Waals surface area contributed by atoms with Gasteiger partial charge >= 0.3 is 0 Å². The van der Waals surface area contributed by atoms with E-state index < -0.39 is 0 Å². The van der Waals surface area contributed by atoms with Crippen molar-refractivity contribution in [2.24, 2.45) is 0 Å². The maximum atomic E-state index is 10.9. The molecule has 0 atom stereocenters. The zero-order valence-corrected chi connectivity index (χ0v) is 24.6. The average Bonchev–Trinajstić information content (AvgIpc) is 2.85. The number of carbonyl (C=O) groups excluding carboxylic acids is 1. The molecule has 0 heterocycles. The van der Waals surface area contributed by atoms with Gasteiger partial charge in [-0.25, -0.2) is 0 Å². The summed E-state index contributed by atoms with van der Waals surface area (Å²) in [5.74, 6) is 0.350. The van der Waals surface area contributed by atoms with Gasteiger partial charge in [0.05, 0.1) is 0 Å². The van der Waals surface area contributed by atoms with E-state index in [1.165, 1.54) is 173 Å². The summed E-state index contributed by atoms with van der Waals surface area (Å²) in [6, 6.07) is 0. The van der Waals surface area contributed by atoms with E-state index in [9.17, 15) is 4.79 Å². The molecule has 0 unspecified atom stereocenters. The Kier molecular flexibility index (Phi) is 30.9. The minimum Gasteiger partial charge on any atom is -0.300 e. The van der Waals surface area contributed by atoms with Gasteiger partial charge in [0, 0.05) is 6.42 Å². The number of Topliss-reactive ketones (excluding diaryl/α,β-unsaturated/α-hetero) is 1. The topological polar surface area (TPSA) is 17.1 Å². The maximum Gasteiger partial charge on any atom is 0.129 e. The number of rotatable bonds is 30. The number of hydrogen-bond acceptors (Lipinski definition) is 1. The predicted octanol–water partition coefficient (Wildman–Crippen LogP) is 12.5.